The van der Waals surface area contributed by atoms with E-state index in [4.69, 9.17) is 0 Å². The van der Waals surface area contributed by atoms with E-state index in [0.29, 0.717) is 11.6 Å². The minimum absolute atomic E-state index is 0.112. The third-order valence-electron chi connectivity index (χ3n) is 3.89. The predicted octanol–water partition coefficient (Wildman–Crippen LogP) is 4.05. The van der Waals surface area contributed by atoms with Crippen molar-refractivity contribution in [1.29, 1.82) is 0 Å². The summed E-state index contributed by atoms with van der Waals surface area (Å²) in [4.78, 5) is 26.8. The summed E-state index contributed by atoms with van der Waals surface area (Å²) in [6, 6.07) is 10.7. The summed E-state index contributed by atoms with van der Waals surface area (Å²) in [6.45, 7) is 4.50. The molecule has 3 aromatic rings. The zero-order chi connectivity index (χ0) is 18.0. The van der Waals surface area contributed by atoms with Crippen LogP contribution in [0.15, 0.2) is 52.8 Å². The van der Waals surface area contributed by atoms with Crippen molar-refractivity contribution in [2.24, 2.45) is 0 Å². The van der Waals surface area contributed by atoms with E-state index in [1.807, 2.05) is 17.5 Å². The molecule has 0 spiro atoms. The van der Waals surface area contributed by atoms with Crippen LogP contribution in [-0.2, 0) is 6.54 Å². The van der Waals surface area contributed by atoms with Crippen molar-refractivity contribution >= 4 is 17.0 Å². The van der Waals surface area contributed by atoms with Gasteiger partial charge in [-0.1, -0.05) is 38.1 Å². The van der Waals surface area contributed by atoms with Gasteiger partial charge in [-0.15, -0.1) is 11.3 Å². The number of nitro groups is 1. The molecular weight excluding hydrogens is 338 g/mol. The number of thiazole rings is 1. The lowest BCUT2D eigenvalue weighted by Gasteiger charge is -2.05. The molecule has 0 N–H and O–H groups in total. The molecule has 0 bridgehead atoms. The Balaban J connectivity index is 1.83. The summed E-state index contributed by atoms with van der Waals surface area (Å²) in [5, 5.41) is 13.6. The third-order valence-corrected chi connectivity index (χ3v) is 4.83. The van der Waals surface area contributed by atoms with Crippen LogP contribution in [0.5, 0.6) is 0 Å². The van der Waals surface area contributed by atoms with Crippen LogP contribution in [0.3, 0.4) is 0 Å². The quantitative estimate of drug-likeness (QED) is 0.511. The first-order chi connectivity index (χ1) is 11.9. The van der Waals surface area contributed by atoms with Gasteiger partial charge in [0.1, 0.15) is 5.01 Å². The van der Waals surface area contributed by atoms with Crippen molar-refractivity contribution < 1.29 is 4.92 Å². The second-order valence-electron chi connectivity index (χ2n) is 6.03. The fourth-order valence-corrected chi connectivity index (χ4v) is 3.26. The molecule has 2 heterocycles. The Labute approximate surface area is 148 Å². The highest BCUT2D eigenvalue weighted by Gasteiger charge is 2.11. The van der Waals surface area contributed by atoms with Crippen molar-refractivity contribution in [2.75, 3.05) is 0 Å². The second kappa shape index (κ2) is 6.98. The molecule has 0 aliphatic heterocycles. The zero-order valence-electron chi connectivity index (χ0n) is 13.9. The zero-order valence-corrected chi connectivity index (χ0v) is 14.7. The van der Waals surface area contributed by atoms with E-state index in [9.17, 15) is 14.9 Å². The molecule has 2 aromatic heterocycles. The van der Waals surface area contributed by atoms with Gasteiger partial charge in [-0.25, -0.2) is 4.98 Å². The van der Waals surface area contributed by atoms with Crippen molar-refractivity contribution in [3.63, 3.8) is 0 Å². The summed E-state index contributed by atoms with van der Waals surface area (Å²) in [5.41, 5.74) is 2.59. The fourth-order valence-electron chi connectivity index (χ4n) is 2.45. The van der Waals surface area contributed by atoms with Gasteiger partial charge in [0.25, 0.3) is 11.2 Å². The average Bonchev–Trinajstić information content (AvgIpc) is 3.05. The molecule has 3 rings (SSSR count). The van der Waals surface area contributed by atoms with Gasteiger partial charge in [-0.05, 0) is 11.5 Å². The van der Waals surface area contributed by atoms with Crippen LogP contribution in [-0.4, -0.2) is 14.5 Å². The molecule has 0 radical (unpaired) electrons. The Morgan fingerprint density at radius 2 is 1.92 bits per heavy atom. The van der Waals surface area contributed by atoms with Crippen molar-refractivity contribution in [3.05, 3.63) is 79.7 Å². The summed E-state index contributed by atoms with van der Waals surface area (Å²) >= 11 is 1.49. The van der Waals surface area contributed by atoms with Crippen LogP contribution >= 0.6 is 11.3 Å². The van der Waals surface area contributed by atoms with Crippen LogP contribution in [0.4, 0.5) is 5.69 Å². The Hall–Kier alpha value is -2.80. The van der Waals surface area contributed by atoms with E-state index in [1.54, 1.807) is 0 Å². The van der Waals surface area contributed by atoms with E-state index in [0.717, 1.165) is 10.6 Å². The summed E-state index contributed by atoms with van der Waals surface area (Å²) in [5.74, 6) is 0.474. The van der Waals surface area contributed by atoms with E-state index in [-0.39, 0.29) is 17.8 Å². The number of hydrogen-bond donors (Lipinski definition) is 0. The minimum atomic E-state index is -0.515. The van der Waals surface area contributed by atoms with Gasteiger partial charge in [0.15, 0.2) is 0 Å². The molecule has 0 amide bonds. The SMILES string of the molecule is CC(C)c1ccc(-c2nc(Cn3cc([N+](=O)[O-])ccc3=O)cs2)cc1. The van der Waals surface area contributed by atoms with Crippen molar-refractivity contribution in [1.82, 2.24) is 9.55 Å². The van der Waals surface area contributed by atoms with E-state index >= 15 is 0 Å². The number of hydrogen-bond acceptors (Lipinski definition) is 5. The molecule has 0 saturated carbocycles. The number of nitrogens with zero attached hydrogens (tertiary/aromatic N) is 3. The molecule has 25 heavy (non-hydrogen) atoms. The van der Waals surface area contributed by atoms with Gasteiger partial charge < -0.3 is 4.57 Å². The van der Waals surface area contributed by atoms with Crippen LogP contribution in [0, 0.1) is 10.1 Å². The second-order valence-corrected chi connectivity index (χ2v) is 6.89. The van der Waals surface area contributed by atoms with Gasteiger partial charge in [-0.3, -0.25) is 14.9 Å². The maximum absolute atomic E-state index is 11.9. The number of pyridine rings is 1. The molecule has 0 aliphatic carbocycles. The lowest BCUT2D eigenvalue weighted by molar-refractivity contribution is -0.385. The summed E-state index contributed by atoms with van der Waals surface area (Å²) in [7, 11) is 0. The smallest absolute Gasteiger partial charge is 0.285 e. The number of rotatable bonds is 5. The Morgan fingerprint density at radius 3 is 2.56 bits per heavy atom. The average molecular weight is 355 g/mol. The fraction of sp³-hybridized carbons (Fsp3) is 0.222. The van der Waals surface area contributed by atoms with Gasteiger partial charge in [0.2, 0.25) is 0 Å². The Kier molecular flexibility index (Phi) is 4.76. The maximum atomic E-state index is 11.9. The largest absolute Gasteiger partial charge is 0.303 e. The van der Waals surface area contributed by atoms with Crippen LogP contribution < -0.4 is 5.56 Å². The molecule has 128 valence electrons. The minimum Gasteiger partial charge on any atom is -0.303 e. The molecule has 6 nitrogen and oxygen atoms in total. The highest BCUT2D eigenvalue weighted by molar-refractivity contribution is 7.13. The van der Waals surface area contributed by atoms with Gasteiger partial charge in [0.05, 0.1) is 23.4 Å². The number of benzene rings is 1. The monoisotopic (exact) mass is 355 g/mol. The summed E-state index contributed by atoms with van der Waals surface area (Å²) < 4.78 is 1.30. The van der Waals surface area contributed by atoms with E-state index in [1.165, 1.54) is 39.8 Å². The van der Waals surface area contributed by atoms with E-state index in [2.05, 4.69) is 31.0 Å². The molecule has 0 aliphatic rings. The molecule has 1 aromatic carbocycles. The Morgan fingerprint density at radius 1 is 1.20 bits per heavy atom. The number of aromatic nitrogens is 2. The topological polar surface area (TPSA) is 78.0 Å². The predicted molar refractivity (Wildman–Crippen MR) is 98.1 cm³/mol. The third kappa shape index (κ3) is 3.83. The van der Waals surface area contributed by atoms with Crippen molar-refractivity contribution in [2.45, 2.75) is 26.3 Å². The van der Waals surface area contributed by atoms with Gasteiger partial charge in [-0.2, -0.15) is 0 Å². The van der Waals surface area contributed by atoms with Gasteiger partial charge >= 0.3 is 0 Å². The lowest BCUT2D eigenvalue weighted by Crippen LogP contribution is -2.19. The lowest BCUT2D eigenvalue weighted by atomic mass is 10.0. The van der Waals surface area contributed by atoms with Crippen molar-refractivity contribution in [3.8, 4) is 10.6 Å². The molecule has 0 unspecified atom stereocenters. The molecule has 0 fully saturated rings. The van der Waals surface area contributed by atoms with E-state index < -0.39 is 4.92 Å². The highest BCUT2D eigenvalue weighted by atomic mass is 32.1. The molecular formula is C18H17N3O3S. The Bertz CT molecular complexity index is 958. The normalized spacial score (nSPS) is 11.0. The van der Waals surface area contributed by atoms with Gasteiger partial charge in [0, 0.05) is 23.1 Å². The molecule has 0 saturated heterocycles. The standard InChI is InChI=1S/C18H17N3O3S/c1-12(2)13-3-5-14(6-4-13)18-19-15(11-25-18)9-20-10-16(21(23)24)7-8-17(20)22/h3-8,10-12H,9H2,1-2H3. The van der Waals surface area contributed by atoms with Crippen LogP contribution in [0.2, 0.25) is 0 Å². The first-order valence-corrected chi connectivity index (χ1v) is 8.71. The van der Waals surface area contributed by atoms with Crippen LogP contribution in [0.1, 0.15) is 31.0 Å². The maximum Gasteiger partial charge on any atom is 0.285 e. The van der Waals surface area contributed by atoms with Crippen LogP contribution in [0.25, 0.3) is 10.6 Å². The molecule has 7 heteroatoms. The summed E-state index contributed by atoms with van der Waals surface area (Å²) in [6.07, 6.45) is 1.25. The highest BCUT2D eigenvalue weighted by Crippen LogP contribution is 2.26. The first-order valence-electron chi connectivity index (χ1n) is 7.83. The first kappa shape index (κ1) is 17.0. The molecule has 0 atom stereocenters.